The molecule has 1 aromatic rings. The van der Waals surface area contributed by atoms with Crippen molar-refractivity contribution in [3.8, 4) is 5.75 Å². The monoisotopic (exact) mass is 112 g/mol. The highest BCUT2D eigenvalue weighted by atomic mass is 32.1. The van der Waals surface area contributed by atoms with Crippen LogP contribution in [-0.2, 0) is 0 Å². The average Bonchev–Trinajstić information content (AvgIpc) is 2.14. The van der Waals surface area contributed by atoms with Crippen LogP contribution in [0.15, 0.2) is 5.38 Å². The van der Waals surface area contributed by atoms with Crippen LogP contribution in [0.5, 0.6) is 5.75 Å². The van der Waals surface area contributed by atoms with Crippen LogP contribution < -0.4 is 4.74 Å². The molecule has 2 radical (unpaired) electrons. The molecule has 0 saturated heterocycles. The largest absolute Gasteiger partial charge is 0.495 e. The van der Waals surface area contributed by atoms with Crippen molar-refractivity contribution in [3.05, 3.63) is 16.8 Å². The van der Waals surface area contributed by atoms with Crippen LogP contribution in [-0.4, -0.2) is 7.11 Å². The zero-order valence-electron chi connectivity index (χ0n) is 3.89. The van der Waals surface area contributed by atoms with Gasteiger partial charge in [0.25, 0.3) is 0 Å². The molecule has 0 amide bonds. The minimum absolute atomic E-state index is 0.769. The van der Waals surface area contributed by atoms with Gasteiger partial charge in [-0.05, 0) is 0 Å². The number of hydrogen-bond donors (Lipinski definition) is 0. The minimum atomic E-state index is 0.769. The molecule has 0 spiro atoms. The Labute approximate surface area is 46.6 Å². The minimum Gasteiger partial charge on any atom is -0.495 e. The van der Waals surface area contributed by atoms with Crippen LogP contribution in [0.2, 0.25) is 0 Å². The molecule has 0 N–H and O–H groups in total. The Balaban J connectivity index is 2.76. The van der Waals surface area contributed by atoms with Gasteiger partial charge in [-0.3, -0.25) is 0 Å². The Kier molecular flexibility index (Phi) is 1.32. The van der Waals surface area contributed by atoms with Gasteiger partial charge >= 0.3 is 0 Å². The predicted molar refractivity (Wildman–Crippen MR) is 28.5 cm³/mol. The third kappa shape index (κ3) is 0.933. The molecule has 0 aliphatic heterocycles. The molecule has 0 aliphatic rings. The summed E-state index contributed by atoms with van der Waals surface area (Å²) in [6, 6.07) is 2.76. The normalized spacial score (nSPS) is 8.71. The van der Waals surface area contributed by atoms with Gasteiger partial charge in [-0.25, -0.2) is 0 Å². The first-order chi connectivity index (χ1) is 3.43. The van der Waals surface area contributed by atoms with Crippen molar-refractivity contribution >= 4 is 11.3 Å². The van der Waals surface area contributed by atoms with E-state index in [0.29, 0.717) is 0 Å². The Morgan fingerprint density at radius 1 is 1.86 bits per heavy atom. The topological polar surface area (TPSA) is 9.23 Å². The van der Waals surface area contributed by atoms with Gasteiger partial charge in [-0.15, -0.1) is 11.3 Å². The van der Waals surface area contributed by atoms with E-state index in [9.17, 15) is 0 Å². The number of rotatable bonds is 1. The van der Waals surface area contributed by atoms with Crippen molar-refractivity contribution in [2.75, 3.05) is 7.11 Å². The molecule has 1 aromatic heterocycles. The molecule has 2 heteroatoms. The molecule has 1 heterocycles. The van der Waals surface area contributed by atoms with E-state index in [2.05, 4.69) is 11.4 Å². The van der Waals surface area contributed by atoms with Gasteiger partial charge in [0, 0.05) is 11.4 Å². The Bertz CT molecular complexity index is 123. The van der Waals surface area contributed by atoms with Crippen LogP contribution in [0.4, 0.5) is 0 Å². The number of thiophene rings is 1. The summed E-state index contributed by atoms with van der Waals surface area (Å²) in [5.41, 5.74) is 0. The molecule has 0 unspecified atom stereocenters. The third-order valence-corrected chi connectivity index (χ3v) is 1.17. The molecule has 0 saturated carbocycles. The van der Waals surface area contributed by atoms with Crippen LogP contribution in [0.3, 0.4) is 0 Å². The summed E-state index contributed by atoms with van der Waals surface area (Å²) in [7, 11) is 1.62. The lowest BCUT2D eigenvalue weighted by atomic mass is 10.6. The van der Waals surface area contributed by atoms with Crippen molar-refractivity contribution in [1.82, 2.24) is 0 Å². The van der Waals surface area contributed by atoms with E-state index < -0.39 is 0 Å². The summed E-state index contributed by atoms with van der Waals surface area (Å²) in [6.07, 6.45) is 0. The van der Waals surface area contributed by atoms with Crippen LogP contribution in [0.25, 0.3) is 0 Å². The molecule has 0 atom stereocenters. The molecule has 1 nitrogen and oxygen atoms in total. The highest BCUT2D eigenvalue weighted by molar-refractivity contribution is 7.07. The average molecular weight is 112 g/mol. The first-order valence-electron chi connectivity index (χ1n) is 1.84. The fourth-order valence-electron chi connectivity index (χ4n) is 0.291. The molecular formula is C5H4OS. The van der Waals surface area contributed by atoms with E-state index in [1.54, 1.807) is 7.11 Å². The Morgan fingerprint density at radius 3 is 3.00 bits per heavy atom. The molecule has 0 fully saturated rings. The number of ether oxygens (including phenoxy) is 1. The molecule has 0 bridgehead atoms. The molecular weight excluding hydrogens is 108 g/mol. The van der Waals surface area contributed by atoms with E-state index in [0.717, 1.165) is 5.75 Å². The van der Waals surface area contributed by atoms with Gasteiger partial charge in [0.2, 0.25) is 0 Å². The van der Waals surface area contributed by atoms with Gasteiger partial charge in [0.15, 0.2) is 0 Å². The lowest BCUT2D eigenvalue weighted by Gasteiger charge is -1.86. The second-order valence-corrected chi connectivity index (χ2v) is 1.71. The van der Waals surface area contributed by atoms with Crippen molar-refractivity contribution in [1.29, 1.82) is 0 Å². The second-order valence-electron chi connectivity index (χ2n) is 1.03. The van der Waals surface area contributed by atoms with E-state index in [1.807, 2.05) is 5.38 Å². The summed E-state index contributed by atoms with van der Waals surface area (Å²) in [6.45, 7) is 0. The Morgan fingerprint density at radius 2 is 2.71 bits per heavy atom. The number of methoxy groups -OCH3 is 1. The van der Waals surface area contributed by atoms with Gasteiger partial charge in [-0.1, -0.05) is 0 Å². The van der Waals surface area contributed by atoms with Crippen LogP contribution in [0, 0.1) is 11.4 Å². The zero-order chi connectivity index (χ0) is 5.11. The standard InChI is InChI=1S/C5H4OS/c1-6-5-2-3-7-4-5/h4H,1H3. The SMILES string of the molecule is COc1[c][c]sc1. The summed E-state index contributed by atoms with van der Waals surface area (Å²) in [5.74, 6) is 0.769. The van der Waals surface area contributed by atoms with Crippen molar-refractivity contribution in [2.45, 2.75) is 0 Å². The summed E-state index contributed by atoms with van der Waals surface area (Å²) in [5, 5.41) is 4.62. The maximum atomic E-state index is 4.78. The quantitative estimate of drug-likeness (QED) is 0.533. The first kappa shape index (κ1) is 4.65. The number of hydrogen-bond acceptors (Lipinski definition) is 2. The zero-order valence-corrected chi connectivity index (χ0v) is 4.71. The first-order valence-corrected chi connectivity index (χ1v) is 2.72. The van der Waals surface area contributed by atoms with Crippen molar-refractivity contribution in [3.63, 3.8) is 0 Å². The maximum Gasteiger partial charge on any atom is 0.138 e. The highest BCUT2D eigenvalue weighted by Crippen LogP contribution is 2.10. The summed E-state index contributed by atoms with van der Waals surface area (Å²) < 4.78 is 4.78. The van der Waals surface area contributed by atoms with Crippen LogP contribution in [0.1, 0.15) is 0 Å². The predicted octanol–water partition coefficient (Wildman–Crippen LogP) is 1.36. The summed E-state index contributed by atoms with van der Waals surface area (Å²) >= 11 is 1.46. The van der Waals surface area contributed by atoms with Gasteiger partial charge in [0.05, 0.1) is 12.5 Å². The van der Waals surface area contributed by atoms with E-state index in [-0.39, 0.29) is 0 Å². The smallest absolute Gasteiger partial charge is 0.138 e. The molecule has 7 heavy (non-hydrogen) atoms. The van der Waals surface area contributed by atoms with E-state index >= 15 is 0 Å². The van der Waals surface area contributed by atoms with Gasteiger partial charge in [0.1, 0.15) is 5.75 Å². The van der Waals surface area contributed by atoms with E-state index in [4.69, 9.17) is 4.74 Å². The highest BCUT2D eigenvalue weighted by Gasteiger charge is 1.84. The van der Waals surface area contributed by atoms with Gasteiger partial charge in [-0.2, -0.15) is 0 Å². The van der Waals surface area contributed by atoms with Crippen LogP contribution >= 0.6 is 11.3 Å². The lowest BCUT2D eigenvalue weighted by molar-refractivity contribution is 0.416. The molecule has 0 aromatic carbocycles. The van der Waals surface area contributed by atoms with Crippen molar-refractivity contribution < 1.29 is 4.74 Å². The van der Waals surface area contributed by atoms with Crippen molar-refractivity contribution in [2.24, 2.45) is 0 Å². The summed E-state index contributed by atoms with van der Waals surface area (Å²) in [4.78, 5) is 0. The van der Waals surface area contributed by atoms with Gasteiger partial charge < -0.3 is 4.74 Å². The van der Waals surface area contributed by atoms with E-state index in [1.165, 1.54) is 11.3 Å². The fourth-order valence-corrected chi connectivity index (χ4v) is 0.772. The fraction of sp³-hybridized carbons (Fsp3) is 0.200. The third-order valence-electron chi connectivity index (χ3n) is 0.619. The lowest BCUT2D eigenvalue weighted by Crippen LogP contribution is -1.75. The molecule has 0 aliphatic carbocycles. The second kappa shape index (κ2) is 1.98. The Hall–Kier alpha value is -0.500. The molecule has 1 rings (SSSR count). The maximum absolute atomic E-state index is 4.78. The molecule has 36 valence electrons.